The van der Waals surface area contributed by atoms with Gasteiger partial charge in [0.1, 0.15) is 0 Å². The van der Waals surface area contributed by atoms with Crippen LogP contribution in [0.1, 0.15) is 37.7 Å². The van der Waals surface area contributed by atoms with Gasteiger partial charge in [0.25, 0.3) is 0 Å². The van der Waals surface area contributed by atoms with Gasteiger partial charge in [0.2, 0.25) is 0 Å². The summed E-state index contributed by atoms with van der Waals surface area (Å²) in [5, 5.41) is 0. The van der Waals surface area contributed by atoms with Gasteiger partial charge in [0.05, 0.1) is 18.2 Å². The van der Waals surface area contributed by atoms with Gasteiger partial charge in [-0.2, -0.15) is 0 Å². The summed E-state index contributed by atoms with van der Waals surface area (Å²) in [6.45, 7) is 1.32. The first-order valence-electron chi connectivity index (χ1n) is 10.1. The Bertz CT molecular complexity index is 1100. The van der Waals surface area contributed by atoms with Gasteiger partial charge in [0.15, 0.2) is 5.58 Å². The summed E-state index contributed by atoms with van der Waals surface area (Å²) in [6, 6.07) is 14.2. The lowest BCUT2D eigenvalue weighted by atomic mass is 10.0. The van der Waals surface area contributed by atoms with Gasteiger partial charge in [-0.3, -0.25) is 4.57 Å². The van der Waals surface area contributed by atoms with Crippen molar-refractivity contribution in [2.75, 3.05) is 6.61 Å². The Labute approximate surface area is 164 Å². The Morgan fingerprint density at radius 1 is 1.00 bits per heavy atom. The molecule has 4 heteroatoms. The zero-order valence-corrected chi connectivity index (χ0v) is 15.8. The molecule has 0 radical (unpaired) electrons. The van der Waals surface area contributed by atoms with Crippen LogP contribution in [0.25, 0.3) is 22.2 Å². The largest absolute Gasteiger partial charge is 0.420 e. The Hall–Kier alpha value is -2.77. The molecule has 142 valence electrons. The minimum absolute atomic E-state index is 0.0835. The van der Waals surface area contributed by atoms with Crippen LogP contribution in [0.2, 0.25) is 0 Å². The van der Waals surface area contributed by atoms with Gasteiger partial charge in [-0.1, -0.05) is 30.0 Å². The van der Waals surface area contributed by atoms with E-state index in [1.165, 1.54) is 12.8 Å². The summed E-state index contributed by atoms with van der Waals surface area (Å²) in [6.07, 6.45) is 5.80. The molecule has 1 saturated heterocycles. The summed E-state index contributed by atoms with van der Waals surface area (Å²) in [5.74, 6) is 6.83. The van der Waals surface area contributed by atoms with Crippen LogP contribution in [0, 0.1) is 17.8 Å². The molecule has 2 aliphatic rings. The number of hydrogen-bond donors (Lipinski definition) is 0. The molecule has 2 heterocycles. The molecule has 4 nitrogen and oxygen atoms in total. The lowest BCUT2D eigenvalue weighted by Crippen LogP contribution is -2.28. The lowest BCUT2D eigenvalue weighted by molar-refractivity contribution is 0.00559. The molecule has 0 amide bonds. The van der Waals surface area contributed by atoms with E-state index in [9.17, 15) is 4.79 Å². The third-order valence-electron chi connectivity index (χ3n) is 5.54. The number of benzene rings is 2. The van der Waals surface area contributed by atoms with Gasteiger partial charge in [-0.15, -0.1) is 0 Å². The number of rotatable bonds is 3. The molecule has 1 atom stereocenters. The first-order valence-corrected chi connectivity index (χ1v) is 10.1. The van der Waals surface area contributed by atoms with Gasteiger partial charge in [-0.05, 0) is 67.5 Å². The third-order valence-corrected chi connectivity index (χ3v) is 5.54. The highest BCUT2D eigenvalue weighted by Gasteiger charge is 2.19. The van der Waals surface area contributed by atoms with Gasteiger partial charge >= 0.3 is 5.76 Å². The molecule has 1 aromatic heterocycles. The third kappa shape index (κ3) is 3.63. The molecule has 1 saturated carbocycles. The summed E-state index contributed by atoms with van der Waals surface area (Å²) in [7, 11) is 0. The van der Waals surface area contributed by atoms with Crippen molar-refractivity contribution in [3.8, 4) is 23.0 Å². The second kappa shape index (κ2) is 7.33. The fourth-order valence-corrected chi connectivity index (χ4v) is 3.73. The highest BCUT2D eigenvalue weighted by Crippen LogP contribution is 2.28. The van der Waals surface area contributed by atoms with E-state index < -0.39 is 0 Å². The van der Waals surface area contributed by atoms with Crippen molar-refractivity contribution in [1.29, 1.82) is 0 Å². The molecule has 1 aliphatic heterocycles. The molecule has 2 aromatic carbocycles. The minimum atomic E-state index is -0.313. The Morgan fingerprint density at radius 2 is 1.82 bits per heavy atom. The monoisotopic (exact) mass is 373 g/mol. The number of hydrogen-bond acceptors (Lipinski definition) is 3. The van der Waals surface area contributed by atoms with E-state index in [2.05, 4.69) is 36.1 Å². The maximum absolute atomic E-state index is 12.4. The first kappa shape index (κ1) is 17.3. The molecule has 1 unspecified atom stereocenters. The Kier molecular flexibility index (Phi) is 4.54. The van der Waals surface area contributed by atoms with Crippen molar-refractivity contribution >= 4 is 11.1 Å². The van der Waals surface area contributed by atoms with Crippen molar-refractivity contribution in [3.05, 3.63) is 58.6 Å². The molecule has 5 rings (SSSR count). The maximum Gasteiger partial charge on any atom is 0.420 e. The van der Waals surface area contributed by atoms with E-state index >= 15 is 0 Å². The smallest absolute Gasteiger partial charge is 0.408 e. The van der Waals surface area contributed by atoms with Crippen LogP contribution in [0.3, 0.4) is 0 Å². The van der Waals surface area contributed by atoms with E-state index in [0.29, 0.717) is 18.0 Å². The topological polar surface area (TPSA) is 44.4 Å². The minimum Gasteiger partial charge on any atom is -0.408 e. The Morgan fingerprint density at radius 3 is 2.57 bits per heavy atom. The number of oxazole rings is 1. The molecule has 2 fully saturated rings. The zero-order valence-electron chi connectivity index (χ0n) is 15.8. The number of nitrogens with zero attached hydrogens (tertiary/aromatic N) is 1. The highest BCUT2D eigenvalue weighted by atomic mass is 16.5. The Balaban J connectivity index is 1.44. The molecular formula is C24H23NO3. The van der Waals surface area contributed by atoms with Gasteiger partial charge in [-0.25, -0.2) is 4.79 Å². The average molecular weight is 373 g/mol. The van der Waals surface area contributed by atoms with Gasteiger partial charge < -0.3 is 9.15 Å². The van der Waals surface area contributed by atoms with Crippen LogP contribution in [0.15, 0.2) is 51.7 Å². The van der Waals surface area contributed by atoms with Crippen LogP contribution in [-0.2, 0) is 11.3 Å². The molecule has 1 aliphatic carbocycles. The second-order valence-corrected chi connectivity index (χ2v) is 7.77. The quantitative estimate of drug-likeness (QED) is 0.631. The molecular weight excluding hydrogens is 350 g/mol. The van der Waals surface area contributed by atoms with E-state index in [1.807, 2.05) is 18.2 Å². The predicted molar refractivity (Wildman–Crippen MR) is 109 cm³/mol. The van der Waals surface area contributed by atoms with Crippen molar-refractivity contribution < 1.29 is 9.15 Å². The summed E-state index contributed by atoms with van der Waals surface area (Å²) in [4.78, 5) is 12.4. The van der Waals surface area contributed by atoms with Crippen LogP contribution in [-0.4, -0.2) is 17.3 Å². The lowest BCUT2D eigenvalue weighted by Gasteiger charge is -2.22. The fourth-order valence-electron chi connectivity index (χ4n) is 3.73. The van der Waals surface area contributed by atoms with Crippen LogP contribution < -0.4 is 5.76 Å². The standard InChI is InChI=1S/C24H23NO3/c26-24-25(16-21-3-1-2-14-27-21)22-15-20(12-13-23(22)28-24)19-10-8-18(9-11-19)7-6-17-4-5-17/h8-13,15,17,21H,1-5,14,16H2. The normalized spacial score (nSPS) is 19.4. The van der Waals surface area contributed by atoms with Crippen molar-refractivity contribution in [2.45, 2.75) is 44.8 Å². The van der Waals surface area contributed by atoms with Crippen LogP contribution in [0.5, 0.6) is 0 Å². The van der Waals surface area contributed by atoms with Gasteiger partial charge in [0, 0.05) is 18.1 Å². The highest BCUT2D eigenvalue weighted by molar-refractivity contribution is 5.80. The predicted octanol–water partition coefficient (Wildman–Crippen LogP) is 4.59. The molecule has 0 spiro atoms. The maximum atomic E-state index is 12.4. The van der Waals surface area contributed by atoms with E-state index in [1.54, 1.807) is 4.57 Å². The number of fused-ring (bicyclic) bond motifs is 1. The zero-order chi connectivity index (χ0) is 18.9. The molecule has 0 N–H and O–H groups in total. The van der Waals surface area contributed by atoms with E-state index in [-0.39, 0.29) is 11.9 Å². The number of aromatic nitrogens is 1. The van der Waals surface area contributed by atoms with Crippen molar-refractivity contribution in [2.24, 2.45) is 5.92 Å². The van der Waals surface area contributed by atoms with E-state index in [0.717, 1.165) is 48.1 Å². The van der Waals surface area contributed by atoms with Crippen molar-refractivity contribution in [3.63, 3.8) is 0 Å². The molecule has 0 bridgehead atoms. The number of ether oxygens (including phenoxy) is 1. The van der Waals surface area contributed by atoms with Crippen molar-refractivity contribution in [1.82, 2.24) is 4.57 Å². The summed E-state index contributed by atoms with van der Waals surface area (Å²) >= 11 is 0. The average Bonchev–Trinajstić information content (AvgIpc) is 3.52. The SMILES string of the molecule is O=c1oc2ccc(-c3ccc(C#CC4CC4)cc3)cc2n1CC1CCCCO1. The molecule has 3 aromatic rings. The fraction of sp³-hybridized carbons (Fsp3) is 0.375. The van der Waals surface area contributed by atoms with Crippen LogP contribution >= 0.6 is 0 Å². The summed E-state index contributed by atoms with van der Waals surface area (Å²) < 4.78 is 13.0. The first-order chi connectivity index (χ1) is 13.8. The second-order valence-electron chi connectivity index (χ2n) is 7.77. The molecule has 28 heavy (non-hydrogen) atoms. The van der Waals surface area contributed by atoms with Crippen LogP contribution in [0.4, 0.5) is 0 Å². The van der Waals surface area contributed by atoms with E-state index in [4.69, 9.17) is 9.15 Å². The summed E-state index contributed by atoms with van der Waals surface area (Å²) in [5.41, 5.74) is 4.67.